The Kier molecular flexibility index (Phi) is 7.64. The van der Waals surface area contributed by atoms with Crippen LogP contribution in [0.15, 0.2) is 30.3 Å². The first kappa shape index (κ1) is 20.6. The molecule has 0 amide bonds. The summed E-state index contributed by atoms with van der Waals surface area (Å²) in [6, 6.07) is 10.6. The molecule has 1 aliphatic heterocycles. The summed E-state index contributed by atoms with van der Waals surface area (Å²) in [6.45, 7) is 16.7. The first-order chi connectivity index (χ1) is 11.8. The third-order valence-electron chi connectivity index (χ3n) is 5.65. The Hall–Kier alpha value is -0.723. The van der Waals surface area contributed by atoms with Crippen molar-refractivity contribution in [3.63, 3.8) is 0 Å². The Balaban J connectivity index is 1.86. The first-order valence-corrected chi connectivity index (χ1v) is 13.0. The molecule has 2 rings (SSSR count). The second-order valence-electron chi connectivity index (χ2n) is 8.70. The molecule has 0 N–H and O–H groups in total. The number of ether oxygens (including phenoxy) is 2. The van der Waals surface area contributed by atoms with E-state index in [2.05, 4.69) is 69.1 Å². The summed E-state index contributed by atoms with van der Waals surface area (Å²) in [5.41, 5.74) is 1.34. The number of rotatable bonds is 9. The van der Waals surface area contributed by atoms with Gasteiger partial charge in [0.25, 0.3) is 0 Å². The summed E-state index contributed by atoms with van der Waals surface area (Å²) < 4.78 is 17.6. The van der Waals surface area contributed by atoms with Crippen LogP contribution in [0.2, 0.25) is 18.1 Å². The van der Waals surface area contributed by atoms with Gasteiger partial charge in [-0.3, -0.25) is 0 Å². The molecule has 0 atom stereocenters. The predicted molar refractivity (Wildman–Crippen MR) is 107 cm³/mol. The van der Waals surface area contributed by atoms with Crippen LogP contribution in [0.4, 0.5) is 0 Å². The summed E-state index contributed by atoms with van der Waals surface area (Å²) in [6.07, 6.45) is 0.872. The molecule has 144 valence electrons. The molecule has 0 saturated carbocycles. The molecule has 1 aromatic carbocycles. The average Bonchev–Trinajstić information content (AvgIpc) is 3.05. The van der Waals surface area contributed by atoms with Crippen LogP contribution < -0.4 is 0 Å². The van der Waals surface area contributed by atoms with Crippen LogP contribution in [0.3, 0.4) is 0 Å². The second kappa shape index (κ2) is 9.28. The number of benzene rings is 1. The summed E-state index contributed by atoms with van der Waals surface area (Å²) in [7, 11) is -2.00. The fourth-order valence-electron chi connectivity index (χ4n) is 2.70. The first-order valence-electron chi connectivity index (χ1n) is 9.64. The minimum atomic E-state index is -2.00. The van der Waals surface area contributed by atoms with Gasteiger partial charge in [0.05, 0.1) is 0 Å². The molecule has 1 aromatic rings. The molecule has 25 heavy (non-hydrogen) atoms. The molecule has 0 bridgehead atoms. The Morgan fingerprint density at radius 3 is 2.32 bits per heavy atom. The molecule has 0 aromatic heterocycles. The average molecular weight is 367 g/mol. The molecule has 0 spiro atoms. The van der Waals surface area contributed by atoms with E-state index in [1.165, 1.54) is 5.56 Å². The molecule has 4 nitrogen and oxygen atoms in total. The SMILES string of the molecule is CC(C)(C)[SiH-](C)(C)OCCN(CCC1OCCO1)Cc1ccccc1. The van der Waals surface area contributed by atoms with Gasteiger partial charge in [-0.25, -0.2) is 0 Å². The summed E-state index contributed by atoms with van der Waals surface area (Å²) in [4.78, 5) is 2.46. The van der Waals surface area contributed by atoms with Crippen molar-refractivity contribution in [3.8, 4) is 0 Å². The van der Waals surface area contributed by atoms with Crippen LogP contribution >= 0.6 is 0 Å². The van der Waals surface area contributed by atoms with E-state index in [-0.39, 0.29) is 11.3 Å². The Bertz CT molecular complexity index is 495. The number of hydrogen-bond acceptors (Lipinski definition) is 4. The van der Waals surface area contributed by atoms with E-state index < -0.39 is 8.32 Å². The molecule has 0 unspecified atom stereocenters. The molecule has 5 heteroatoms. The third kappa shape index (κ3) is 6.83. The molecular weight excluding hydrogens is 330 g/mol. The zero-order valence-corrected chi connectivity index (χ0v) is 17.8. The van der Waals surface area contributed by atoms with Gasteiger partial charge in [-0.15, -0.1) is 0 Å². The van der Waals surface area contributed by atoms with E-state index in [9.17, 15) is 0 Å². The van der Waals surface area contributed by atoms with Crippen molar-refractivity contribution in [1.29, 1.82) is 0 Å². The Morgan fingerprint density at radius 2 is 1.72 bits per heavy atom. The van der Waals surface area contributed by atoms with Gasteiger partial charge >= 0.3 is 154 Å². The molecule has 1 aliphatic rings. The van der Waals surface area contributed by atoms with Crippen LogP contribution in [-0.4, -0.2) is 52.4 Å². The fraction of sp³-hybridized carbons (Fsp3) is 0.700. The van der Waals surface area contributed by atoms with Gasteiger partial charge in [-0.1, -0.05) is 0 Å². The van der Waals surface area contributed by atoms with E-state index in [1.54, 1.807) is 0 Å². The van der Waals surface area contributed by atoms with Crippen molar-refractivity contribution in [2.24, 2.45) is 0 Å². The van der Waals surface area contributed by atoms with Gasteiger partial charge in [-0.2, -0.15) is 0 Å². The van der Waals surface area contributed by atoms with E-state index in [4.69, 9.17) is 13.9 Å². The monoisotopic (exact) mass is 366 g/mol. The van der Waals surface area contributed by atoms with Gasteiger partial charge in [0.2, 0.25) is 0 Å². The predicted octanol–water partition coefficient (Wildman–Crippen LogP) is 4.01. The van der Waals surface area contributed by atoms with Crippen LogP contribution in [0.25, 0.3) is 0 Å². The molecule has 0 radical (unpaired) electrons. The fourth-order valence-corrected chi connectivity index (χ4v) is 3.89. The van der Waals surface area contributed by atoms with Crippen molar-refractivity contribution < 1.29 is 13.9 Å². The number of hydrogen-bond donors (Lipinski definition) is 0. The third-order valence-corrected chi connectivity index (χ3v) is 10.9. The van der Waals surface area contributed by atoms with Crippen molar-refractivity contribution in [3.05, 3.63) is 35.9 Å². The molecule has 1 saturated heterocycles. The number of nitrogens with zero attached hydrogens (tertiary/aromatic N) is 1. The standard InChI is InChI=1S/C20H36NO3Si/c1-20(2,3)25(4,5)24-14-13-21(12-11-19-22-15-16-23-19)17-18-9-7-6-8-10-18/h6-10,19,25H,11-17H2,1-5H3/q-1. The summed E-state index contributed by atoms with van der Waals surface area (Å²) in [5.74, 6) is 0. The zero-order valence-electron chi connectivity index (χ0n) is 16.7. The van der Waals surface area contributed by atoms with Crippen LogP contribution in [0.5, 0.6) is 0 Å². The minimum absolute atomic E-state index is 0.0403. The van der Waals surface area contributed by atoms with Crippen molar-refractivity contribution in [2.75, 3.05) is 32.9 Å². The Labute approximate surface area is 154 Å². The Morgan fingerprint density at radius 1 is 1.08 bits per heavy atom. The van der Waals surface area contributed by atoms with E-state index >= 15 is 0 Å². The molecule has 1 fully saturated rings. The quantitative estimate of drug-likeness (QED) is 0.618. The van der Waals surface area contributed by atoms with Crippen LogP contribution in [0.1, 0.15) is 32.8 Å². The second-order valence-corrected chi connectivity index (χ2v) is 14.3. The maximum absolute atomic E-state index is 6.40. The summed E-state index contributed by atoms with van der Waals surface area (Å²) >= 11 is 0. The van der Waals surface area contributed by atoms with E-state index in [0.717, 1.165) is 45.9 Å². The van der Waals surface area contributed by atoms with Gasteiger partial charge < -0.3 is 0 Å². The van der Waals surface area contributed by atoms with Crippen LogP contribution in [-0.2, 0) is 20.4 Å². The maximum atomic E-state index is 6.40. The normalized spacial score (nSPS) is 17.4. The molecule has 0 aliphatic carbocycles. The zero-order chi connectivity index (χ0) is 18.3. The van der Waals surface area contributed by atoms with Gasteiger partial charge in [0, 0.05) is 0 Å². The van der Waals surface area contributed by atoms with Gasteiger partial charge in [0.15, 0.2) is 0 Å². The van der Waals surface area contributed by atoms with E-state index in [1.807, 2.05) is 0 Å². The van der Waals surface area contributed by atoms with Gasteiger partial charge in [0.1, 0.15) is 0 Å². The van der Waals surface area contributed by atoms with E-state index in [0.29, 0.717) is 0 Å². The van der Waals surface area contributed by atoms with Crippen LogP contribution in [0, 0.1) is 0 Å². The van der Waals surface area contributed by atoms with Crippen molar-refractivity contribution in [1.82, 2.24) is 4.90 Å². The molecular formula is C20H36NO3Si-. The van der Waals surface area contributed by atoms with Crippen molar-refractivity contribution >= 4 is 8.32 Å². The van der Waals surface area contributed by atoms with Crippen molar-refractivity contribution in [2.45, 2.75) is 58.2 Å². The van der Waals surface area contributed by atoms with Gasteiger partial charge in [-0.05, 0) is 0 Å². The molecule has 1 heterocycles. The summed E-state index contributed by atoms with van der Waals surface area (Å²) in [5, 5.41) is 0.281. The topological polar surface area (TPSA) is 30.9 Å².